The number of rotatable bonds is 10. The van der Waals surface area contributed by atoms with Crippen LogP contribution in [0.1, 0.15) is 222 Å². The maximum absolute atomic E-state index is 8.18. The maximum Gasteiger partial charge on any atom is 0.245 e. The second-order valence-corrected chi connectivity index (χ2v) is 20.3. The van der Waals surface area contributed by atoms with Crippen molar-refractivity contribution in [3.63, 3.8) is 0 Å². The van der Waals surface area contributed by atoms with E-state index in [0.717, 1.165) is 0 Å². The van der Waals surface area contributed by atoms with Crippen LogP contribution < -0.4 is 15.9 Å². The lowest BCUT2D eigenvalue weighted by molar-refractivity contribution is 0.139. The quantitative estimate of drug-likeness (QED) is 0.198. The molecule has 0 saturated heterocycles. The Morgan fingerprint density at radius 1 is 0.383 bits per heavy atom. The predicted molar refractivity (Wildman–Crippen MR) is 212 cm³/mol. The summed E-state index contributed by atoms with van der Waals surface area (Å²) in [7, 11) is -2.67. The highest BCUT2D eigenvalue weighted by Crippen LogP contribution is 2.70. The molecule has 1 aliphatic rings. The SMILES string of the molecule is CC(C)c1cc(C(C)C)c([P+]2(c3c(C(C)C)cc(C(C)C)cc3C(C)C)OC(C)(C)c3cc(C(C)C)cc(C(C)C)c32)c(C(C)C)c1. The predicted octanol–water partition coefficient (Wildman–Crippen LogP) is 13.1. The number of fused-ring (bicyclic) bond motifs is 1. The van der Waals surface area contributed by atoms with Crippen LogP contribution in [-0.2, 0) is 10.1 Å². The van der Waals surface area contributed by atoms with Crippen LogP contribution in [0.3, 0.4) is 0 Å². The van der Waals surface area contributed by atoms with Crippen LogP contribution in [0.2, 0.25) is 0 Å². The van der Waals surface area contributed by atoms with E-state index in [4.69, 9.17) is 4.52 Å². The van der Waals surface area contributed by atoms with Crippen LogP contribution in [-0.4, -0.2) is 0 Å². The molecular weight excluding hydrogens is 587 g/mol. The van der Waals surface area contributed by atoms with Gasteiger partial charge in [0.25, 0.3) is 0 Å². The average Bonchev–Trinajstić information content (AvgIpc) is 3.21. The van der Waals surface area contributed by atoms with Crippen LogP contribution in [0.15, 0.2) is 36.4 Å². The molecule has 0 aliphatic carbocycles. The molecule has 2 heteroatoms. The van der Waals surface area contributed by atoms with Gasteiger partial charge in [-0.05, 0) is 83.9 Å². The lowest BCUT2D eigenvalue weighted by atomic mass is 9.88. The molecule has 1 heterocycles. The molecule has 1 aliphatic heterocycles. The van der Waals surface area contributed by atoms with E-state index < -0.39 is 13.1 Å². The minimum Gasteiger partial charge on any atom is -0.211 e. The van der Waals surface area contributed by atoms with E-state index in [2.05, 4.69) is 161 Å². The molecule has 0 saturated carbocycles. The molecule has 3 aromatic rings. The van der Waals surface area contributed by atoms with Gasteiger partial charge in [0.05, 0.1) is 0 Å². The van der Waals surface area contributed by atoms with E-state index in [-0.39, 0.29) is 0 Å². The van der Waals surface area contributed by atoms with Gasteiger partial charge in [0.2, 0.25) is 7.49 Å². The summed E-state index contributed by atoms with van der Waals surface area (Å²) in [6.07, 6.45) is 0. The van der Waals surface area contributed by atoms with Crippen molar-refractivity contribution < 1.29 is 4.52 Å². The summed E-state index contributed by atoms with van der Waals surface area (Å²) >= 11 is 0. The van der Waals surface area contributed by atoms with E-state index in [1.807, 2.05) is 0 Å². The van der Waals surface area contributed by atoms with Crippen molar-refractivity contribution in [2.24, 2.45) is 0 Å². The average molecular weight is 656 g/mol. The molecule has 0 unspecified atom stereocenters. The molecule has 1 nitrogen and oxygen atoms in total. The van der Waals surface area contributed by atoms with Gasteiger partial charge in [-0.1, -0.05) is 141 Å². The number of hydrogen-bond donors (Lipinski definition) is 0. The van der Waals surface area contributed by atoms with E-state index in [1.165, 1.54) is 66.0 Å². The topological polar surface area (TPSA) is 9.23 Å². The van der Waals surface area contributed by atoms with Crippen molar-refractivity contribution in [3.05, 3.63) is 86.5 Å². The lowest BCUT2D eigenvalue weighted by Gasteiger charge is -2.35. The smallest absolute Gasteiger partial charge is 0.211 e. The number of hydrogen-bond acceptors (Lipinski definition) is 1. The Hall–Kier alpha value is -1.95. The molecule has 258 valence electrons. The van der Waals surface area contributed by atoms with Gasteiger partial charge in [0.15, 0.2) is 0 Å². The van der Waals surface area contributed by atoms with Crippen LogP contribution in [0, 0.1) is 0 Å². The summed E-state index contributed by atoms with van der Waals surface area (Å²) in [5.41, 5.74) is 12.7. The zero-order chi connectivity index (χ0) is 35.5. The first-order valence-electron chi connectivity index (χ1n) is 18.8. The number of benzene rings is 3. The van der Waals surface area contributed by atoms with E-state index >= 15 is 0 Å². The molecular formula is C45H68OP+. The molecule has 47 heavy (non-hydrogen) atoms. The zero-order valence-corrected chi connectivity index (χ0v) is 34.3. The van der Waals surface area contributed by atoms with Gasteiger partial charge >= 0.3 is 0 Å². The normalized spacial score (nSPS) is 16.0. The molecule has 0 aromatic heterocycles. The minimum atomic E-state index is -2.67. The molecule has 0 N–H and O–H groups in total. The Bertz CT molecular complexity index is 1460. The third kappa shape index (κ3) is 6.67. The van der Waals surface area contributed by atoms with Crippen molar-refractivity contribution in [2.45, 2.75) is 178 Å². The summed E-state index contributed by atoms with van der Waals surface area (Å²) in [6, 6.07) is 15.4. The summed E-state index contributed by atoms with van der Waals surface area (Å²) in [4.78, 5) is 0. The summed E-state index contributed by atoms with van der Waals surface area (Å²) in [5, 5.41) is 4.54. The van der Waals surface area contributed by atoms with Crippen LogP contribution in [0.25, 0.3) is 0 Å². The van der Waals surface area contributed by atoms with E-state index in [9.17, 15) is 0 Å². The molecule has 0 bridgehead atoms. The first-order chi connectivity index (χ1) is 21.7. The van der Waals surface area contributed by atoms with E-state index in [1.54, 1.807) is 0 Å². The second kappa shape index (κ2) is 13.8. The maximum atomic E-state index is 8.18. The van der Waals surface area contributed by atoms with Crippen molar-refractivity contribution in [1.82, 2.24) is 0 Å². The summed E-state index contributed by atoms with van der Waals surface area (Å²) in [6.45, 7) is 42.9. The highest BCUT2D eigenvalue weighted by atomic mass is 31.2. The molecule has 0 atom stereocenters. The summed E-state index contributed by atoms with van der Waals surface area (Å²) in [5.74, 6) is 3.22. The molecule has 3 aromatic carbocycles. The third-order valence-electron chi connectivity index (χ3n) is 10.6. The van der Waals surface area contributed by atoms with Crippen LogP contribution in [0.4, 0.5) is 0 Å². The fourth-order valence-electron chi connectivity index (χ4n) is 7.69. The summed E-state index contributed by atoms with van der Waals surface area (Å²) < 4.78 is 8.18. The van der Waals surface area contributed by atoms with Crippen molar-refractivity contribution >= 4 is 23.4 Å². The lowest BCUT2D eigenvalue weighted by Crippen LogP contribution is -2.40. The van der Waals surface area contributed by atoms with Gasteiger partial charge in [0, 0.05) is 33.4 Å². The minimum absolute atomic E-state index is 0.367. The molecule has 0 spiro atoms. The highest BCUT2D eigenvalue weighted by molar-refractivity contribution is 7.92. The van der Waals surface area contributed by atoms with Gasteiger partial charge in [-0.3, -0.25) is 0 Å². The molecule has 0 fully saturated rings. The van der Waals surface area contributed by atoms with E-state index in [0.29, 0.717) is 47.3 Å². The Morgan fingerprint density at radius 2 is 0.638 bits per heavy atom. The Labute approximate surface area is 291 Å². The third-order valence-corrected chi connectivity index (χ3v) is 14.8. The largest absolute Gasteiger partial charge is 0.245 e. The fraction of sp³-hybridized carbons (Fsp3) is 0.600. The fourth-order valence-corrected chi connectivity index (χ4v) is 13.5. The standard InChI is InChI=1S/C45H68OP/c1-25(2)33-19-36(28(7)8)42(37(20-33)29(9)10)47(43-38(30(11)12)21-34(26(3)4)22-39(43)31(13)14)44-40(32(15)16)23-35(27(5)6)24-41(44)45(17,18)46-47/h19-32H,1-18H3/q+1. The molecule has 0 amide bonds. The molecule has 0 radical (unpaired) electrons. The monoisotopic (exact) mass is 656 g/mol. The van der Waals surface area contributed by atoms with Crippen molar-refractivity contribution in [3.8, 4) is 0 Å². The Balaban J connectivity index is 2.48. The van der Waals surface area contributed by atoms with Gasteiger partial charge < -0.3 is 0 Å². The van der Waals surface area contributed by atoms with Gasteiger partial charge in [0.1, 0.15) is 21.5 Å². The van der Waals surface area contributed by atoms with Crippen LogP contribution in [0.5, 0.6) is 0 Å². The zero-order valence-electron chi connectivity index (χ0n) is 33.4. The van der Waals surface area contributed by atoms with Crippen molar-refractivity contribution in [1.29, 1.82) is 0 Å². The Morgan fingerprint density at radius 3 is 0.894 bits per heavy atom. The van der Waals surface area contributed by atoms with Crippen molar-refractivity contribution in [2.75, 3.05) is 0 Å². The second-order valence-electron chi connectivity index (χ2n) is 17.6. The Kier molecular flexibility index (Phi) is 11.1. The van der Waals surface area contributed by atoms with Gasteiger partial charge in [-0.25, -0.2) is 4.52 Å². The first kappa shape index (κ1) is 37.9. The van der Waals surface area contributed by atoms with Gasteiger partial charge in [-0.15, -0.1) is 0 Å². The first-order valence-corrected chi connectivity index (χ1v) is 20.5. The molecule has 4 rings (SSSR count). The van der Waals surface area contributed by atoms with Crippen LogP contribution >= 0.6 is 7.49 Å². The highest BCUT2D eigenvalue weighted by Gasteiger charge is 2.65. The van der Waals surface area contributed by atoms with Gasteiger partial charge in [-0.2, -0.15) is 0 Å².